The Hall–Kier alpha value is -2.93. The summed E-state index contributed by atoms with van der Waals surface area (Å²) >= 11 is 2.21. The van der Waals surface area contributed by atoms with Crippen LogP contribution in [0.25, 0.3) is 28.7 Å². The van der Waals surface area contributed by atoms with Crippen molar-refractivity contribution in [1.82, 2.24) is 9.55 Å². The second kappa shape index (κ2) is 8.21. The first-order chi connectivity index (χ1) is 14.1. The van der Waals surface area contributed by atoms with Gasteiger partial charge in [0.1, 0.15) is 11.6 Å². The quantitative estimate of drug-likeness (QED) is 0.353. The molecule has 29 heavy (non-hydrogen) atoms. The molecule has 0 fully saturated rings. The van der Waals surface area contributed by atoms with Crippen LogP contribution in [0, 0.1) is 10.5 Å². The largest absolute Gasteiger partial charge is 0.497 e. The molecule has 0 saturated heterocycles. The van der Waals surface area contributed by atoms with Crippen LogP contribution in [0.15, 0.2) is 71.5 Å². The van der Waals surface area contributed by atoms with E-state index < -0.39 is 0 Å². The molecule has 3 aromatic carbocycles. The third-order valence-corrected chi connectivity index (χ3v) is 5.44. The van der Waals surface area contributed by atoms with E-state index in [2.05, 4.69) is 35.6 Å². The van der Waals surface area contributed by atoms with Gasteiger partial charge in [-0.15, -0.1) is 0 Å². The van der Waals surface area contributed by atoms with Gasteiger partial charge >= 0.3 is 0 Å². The van der Waals surface area contributed by atoms with Gasteiger partial charge in [0, 0.05) is 9.64 Å². The average molecular weight is 494 g/mol. The van der Waals surface area contributed by atoms with Crippen molar-refractivity contribution in [3.05, 3.63) is 97.6 Å². The van der Waals surface area contributed by atoms with Gasteiger partial charge in [0.15, 0.2) is 0 Å². The van der Waals surface area contributed by atoms with Crippen molar-refractivity contribution < 1.29 is 4.74 Å². The molecule has 4 aromatic rings. The van der Waals surface area contributed by atoms with Crippen molar-refractivity contribution in [2.24, 2.45) is 0 Å². The fourth-order valence-corrected chi connectivity index (χ4v) is 3.72. The zero-order valence-electron chi connectivity index (χ0n) is 16.1. The summed E-state index contributed by atoms with van der Waals surface area (Å²) < 4.78 is 7.98. The van der Waals surface area contributed by atoms with Crippen LogP contribution in [0.3, 0.4) is 0 Å². The minimum atomic E-state index is -0.105. The van der Waals surface area contributed by atoms with E-state index in [4.69, 9.17) is 9.72 Å². The van der Waals surface area contributed by atoms with Gasteiger partial charge in [-0.3, -0.25) is 9.36 Å². The molecule has 1 aromatic heterocycles. The van der Waals surface area contributed by atoms with E-state index in [0.29, 0.717) is 28.2 Å². The van der Waals surface area contributed by atoms with E-state index in [1.54, 1.807) is 11.7 Å². The fraction of sp³-hybridized carbons (Fsp3) is 0.0833. The molecule has 0 aliphatic carbocycles. The van der Waals surface area contributed by atoms with Crippen LogP contribution >= 0.6 is 22.6 Å². The highest BCUT2D eigenvalue weighted by Gasteiger charge is 2.12. The predicted octanol–water partition coefficient (Wildman–Crippen LogP) is 5.48. The number of halogens is 1. The Morgan fingerprint density at radius 3 is 2.62 bits per heavy atom. The normalized spacial score (nSPS) is 11.3. The summed E-state index contributed by atoms with van der Waals surface area (Å²) in [4.78, 5) is 18.2. The summed E-state index contributed by atoms with van der Waals surface area (Å²) in [7, 11) is 1.61. The molecule has 0 unspecified atom stereocenters. The standard InChI is InChI=1S/C24H19IN2O2/c1-16-6-3-4-7-17(16)10-13-23-26-22-12-11-18(25)14-21(22)24(28)27(23)19-8-5-9-20(15-19)29-2/h3-15H,1-2H3/b13-10+. The van der Waals surface area contributed by atoms with Gasteiger partial charge in [0.25, 0.3) is 5.56 Å². The third-order valence-electron chi connectivity index (χ3n) is 4.77. The Bertz CT molecular complexity index is 1290. The van der Waals surface area contributed by atoms with Crippen LogP contribution < -0.4 is 10.3 Å². The fourth-order valence-electron chi connectivity index (χ4n) is 3.22. The molecule has 0 atom stereocenters. The van der Waals surface area contributed by atoms with Gasteiger partial charge < -0.3 is 4.74 Å². The number of nitrogens with zero attached hydrogens (tertiary/aromatic N) is 2. The first kappa shape index (κ1) is 19.4. The van der Waals surface area contributed by atoms with Crippen LogP contribution in [-0.4, -0.2) is 16.7 Å². The molecule has 0 N–H and O–H groups in total. The van der Waals surface area contributed by atoms with Gasteiger partial charge in [-0.05, 0) is 77.0 Å². The number of ether oxygens (including phenoxy) is 1. The predicted molar refractivity (Wildman–Crippen MR) is 127 cm³/mol. The molecular formula is C24H19IN2O2. The smallest absolute Gasteiger partial charge is 0.266 e. The molecule has 0 aliphatic heterocycles. The number of benzene rings is 3. The molecule has 4 nitrogen and oxygen atoms in total. The molecule has 0 spiro atoms. The van der Waals surface area contributed by atoms with Crippen LogP contribution in [0.4, 0.5) is 0 Å². The highest BCUT2D eigenvalue weighted by molar-refractivity contribution is 14.1. The van der Waals surface area contributed by atoms with Crippen molar-refractivity contribution in [2.75, 3.05) is 7.11 Å². The van der Waals surface area contributed by atoms with Crippen LogP contribution in [0.1, 0.15) is 17.0 Å². The van der Waals surface area contributed by atoms with E-state index in [0.717, 1.165) is 14.7 Å². The van der Waals surface area contributed by atoms with Crippen molar-refractivity contribution in [3.8, 4) is 11.4 Å². The Labute approximate surface area is 182 Å². The lowest BCUT2D eigenvalue weighted by Gasteiger charge is -2.13. The van der Waals surface area contributed by atoms with Crippen LogP contribution in [0.5, 0.6) is 5.75 Å². The number of fused-ring (bicyclic) bond motifs is 1. The van der Waals surface area contributed by atoms with Gasteiger partial charge in [-0.25, -0.2) is 4.98 Å². The number of rotatable bonds is 4. The lowest BCUT2D eigenvalue weighted by atomic mass is 10.1. The minimum Gasteiger partial charge on any atom is -0.497 e. The Morgan fingerprint density at radius 2 is 1.83 bits per heavy atom. The lowest BCUT2D eigenvalue weighted by molar-refractivity contribution is 0.414. The average Bonchev–Trinajstić information content (AvgIpc) is 2.74. The first-order valence-electron chi connectivity index (χ1n) is 9.17. The molecule has 5 heteroatoms. The first-order valence-corrected chi connectivity index (χ1v) is 10.2. The Kier molecular flexibility index (Phi) is 5.49. The van der Waals surface area contributed by atoms with E-state index in [9.17, 15) is 4.79 Å². The molecule has 0 bridgehead atoms. The van der Waals surface area contributed by atoms with Crippen LogP contribution in [0.2, 0.25) is 0 Å². The Morgan fingerprint density at radius 1 is 1.00 bits per heavy atom. The number of methoxy groups -OCH3 is 1. The molecule has 144 valence electrons. The zero-order valence-corrected chi connectivity index (χ0v) is 18.3. The van der Waals surface area contributed by atoms with Gasteiger partial charge in [-0.1, -0.05) is 36.4 Å². The monoisotopic (exact) mass is 494 g/mol. The second-order valence-corrected chi connectivity index (χ2v) is 7.91. The number of hydrogen-bond acceptors (Lipinski definition) is 3. The lowest BCUT2D eigenvalue weighted by Crippen LogP contribution is -2.22. The molecule has 0 amide bonds. The van der Waals surface area contributed by atoms with Gasteiger partial charge in [0.05, 0.1) is 23.7 Å². The second-order valence-electron chi connectivity index (χ2n) is 6.66. The SMILES string of the molecule is COc1cccc(-n2c(/C=C/c3ccccc3C)nc3ccc(I)cc3c2=O)c1. The van der Waals surface area contributed by atoms with E-state index in [1.807, 2.05) is 72.8 Å². The van der Waals surface area contributed by atoms with Gasteiger partial charge in [-0.2, -0.15) is 0 Å². The summed E-state index contributed by atoms with van der Waals surface area (Å²) in [5.74, 6) is 1.26. The molecule has 4 rings (SSSR count). The highest BCUT2D eigenvalue weighted by Crippen LogP contribution is 2.21. The number of aromatic nitrogens is 2. The number of hydrogen-bond donors (Lipinski definition) is 0. The maximum absolute atomic E-state index is 13.4. The van der Waals surface area contributed by atoms with Crippen molar-refractivity contribution >= 4 is 45.6 Å². The summed E-state index contributed by atoms with van der Waals surface area (Å²) in [6.45, 7) is 2.06. The zero-order chi connectivity index (χ0) is 20.4. The molecule has 0 aliphatic rings. The summed E-state index contributed by atoms with van der Waals surface area (Å²) in [6, 6.07) is 21.3. The van der Waals surface area contributed by atoms with E-state index in [-0.39, 0.29) is 5.56 Å². The minimum absolute atomic E-state index is 0.105. The van der Waals surface area contributed by atoms with Crippen LogP contribution in [-0.2, 0) is 0 Å². The van der Waals surface area contributed by atoms with Crippen molar-refractivity contribution in [1.29, 1.82) is 0 Å². The highest BCUT2D eigenvalue weighted by atomic mass is 127. The summed E-state index contributed by atoms with van der Waals surface area (Å²) in [6.07, 6.45) is 3.88. The van der Waals surface area contributed by atoms with Crippen molar-refractivity contribution in [2.45, 2.75) is 6.92 Å². The molecule has 0 saturated carbocycles. The van der Waals surface area contributed by atoms with Crippen molar-refractivity contribution in [3.63, 3.8) is 0 Å². The molecule has 1 heterocycles. The summed E-state index contributed by atoms with van der Waals surface area (Å²) in [5, 5.41) is 0.591. The van der Waals surface area contributed by atoms with Gasteiger partial charge in [0.2, 0.25) is 0 Å². The maximum atomic E-state index is 13.4. The van der Waals surface area contributed by atoms with E-state index in [1.165, 1.54) is 0 Å². The van der Waals surface area contributed by atoms with E-state index >= 15 is 0 Å². The Balaban J connectivity index is 1.98. The number of aryl methyl sites for hydroxylation is 1. The third kappa shape index (κ3) is 3.96. The maximum Gasteiger partial charge on any atom is 0.266 e. The molecular weight excluding hydrogens is 475 g/mol. The molecule has 0 radical (unpaired) electrons. The summed E-state index contributed by atoms with van der Waals surface area (Å²) in [5.41, 5.74) is 3.54. The topological polar surface area (TPSA) is 44.1 Å².